The van der Waals surface area contributed by atoms with E-state index in [-0.39, 0.29) is 10.8 Å². The average molecular weight is 337 g/mol. The maximum absolute atomic E-state index is 12.1. The summed E-state index contributed by atoms with van der Waals surface area (Å²) in [6, 6.07) is 11.2. The third kappa shape index (κ3) is 4.00. The minimum atomic E-state index is -0.411. The van der Waals surface area contributed by atoms with E-state index in [2.05, 4.69) is 10.5 Å². The molecule has 6 heteroatoms. The summed E-state index contributed by atoms with van der Waals surface area (Å²) < 4.78 is 0. The molecule has 0 aliphatic rings. The number of benzene rings is 2. The van der Waals surface area contributed by atoms with E-state index in [9.17, 15) is 9.90 Å². The lowest BCUT2D eigenvalue weighted by atomic mass is 10.1. The Morgan fingerprint density at radius 1 is 1.18 bits per heavy atom. The van der Waals surface area contributed by atoms with Crippen LogP contribution in [0, 0.1) is 0 Å². The summed E-state index contributed by atoms with van der Waals surface area (Å²) in [5, 5.41) is 14.1. The predicted octanol–water partition coefficient (Wildman–Crippen LogP) is 4.24. The lowest BCUT2D eigenvalue weighted by Gasteiger charge is -2.07. The third-order valence-electron chi connectivity index (χ3n) is 3.00. The quantitative estimate of drug-likeness (QED) is 0.647. The molecule has 2 aromatic rings. The van der Waals surface area contributed by atoms with Gasteiger partial charge in [-0.1, -0.05) is 30.1 Å². The van der Waals surface area contributed by atoms with E-state index >= 15 is 0 Å². The summed E-state index contributed by atoms with van der Waals surface area (Å²) in [5.74, 6) is -0.234. The van der Waals surface area contributed by atoms with Crippen LogP contribution in [0.1, 0.15) is 29.3 Å². The summed E-state index contributed by atoms with van der Waals surface area (Å²) in [5.41, 5.74) is 4.30. The van der Waals surface area contributed by atoms with Gasteiger partial charge in [0.25, 0.3) is 5.91 Å². The Morgan fingerprint density at radius 3 is 2.45 bits per heavy atom. The Hall–Kier alpha value is -2.04. The first-order valence-electron chi connectivity index (χ1n) is 6.62. The van der Waals surface area contributed by atoms with Gasteiger partial charge in [-0.05, 0) is 54.4 Å². The van der Waals surface area contributed by atoms with Gasteiger partial charge < -0.3 is 5.11 Å². The van der Waals surface area contributed by atoms with Crippen molar-refractivity contribution < 1.29 is 9.90 Å². The molecule has 0 aromatic heterocycles. The number of hydrogen-bond acceptors (Lipinski definition) is 3. The second-order valence-electron chi connectivity index (χ2n) is 4.52. The van der Waals surface area contributed by atoms with Crippen molar-refractivity contribution in [3.63, 3.8) is 0 Å². The number of carbonyl (C=O) groups is 1. The molecule has 0 bridgehead atoms. The highest BCUT2D eigenvalue weighted by atomic mass is 35.5. The van der Waals surface area contributed by atoms with E-state index in [1.54, 1.807) is 36.4 Å². The fourth-order valence-electron chi connectivity index (χ4n) is 1.85. The van der Waals surface area contributed by atoms with Crippen molar-refractivity contribution in [2.24, 2.45) is 5.10 Å². The lowest BCUT2D eigenvalue weighted by molar-refractivity contribution is 0.0955. The van der Waals surface area contributed by atoms with Gasteiger partial charge in [0, 0.05) is 5.02 Å². The monoisotopic (exact) mass is 336 g/mol. The first-order valence-corrected chi connectivity index (χ1v) is 7.38. The Labute approximate surface area is 138 Å². The first kappa shape index (κ1) is 16.3. The number of carbonyl (C=O) groups excluding carboxylic acids is 1. The van der Waals surface area contributed by atoms with Crippen molar-refractivity contribution in [3.05, 3.63) is 63.6 Å². The molecule has 1 amide bonds. The van der Waals surface area contributed by atoms with Crippen LogP contribution in [0.15, 0.2) is 47.6 Å². The van der Waals surface area contributed by atoms with Gasteiger partial charge in [-0.25, -0.2) is 5.43 Å². The fourth-order valence-corrected chi connectivity index (χ4v) is 2.35. The second kappa shape index (κ2) is 7.29. The molecule has 4 nitrogen and oxygen atoms in total. The molecule has 0 radical (unpaired) electrons. The summed E-state index contributed by atoms with van der Waals surface area (Å²) in [7, 11) is 0. The molecule has 0 saturated carbocycles. The summed E-state index contributed by atoms with van der Waals surface area (Å²) in [6.45, 7) is 1.92. The minimum Gasteiger partial charge on any atom is -0.508 e. The molecule has 0 spiro atoms. The van der Waals surface area contributed by atoms with Gasteiger partial charge in [-0.3, -0.25) is 4.79 Å². The number of nitrogens with zero attached hydrogens (tertiary/aromatic N) is 1. The number of rotatable bonds is 4. The highest BCUT2D eigenvalue weighted by Gasteiger charge is 2.10. The van der Waals surface area contributed by atoms with Crippen LogP contribution in [0.3, 0.4) is 0 Å². The Balaban J connectivity index is 2.17. The van der Waals surface area contributed by atoms with Crippen molar-refractivity contribution in [3.8, 4) is 5.75 Å². The van der Waals surface area contributed by atoms with Gasteiger partial charge in [-0.15, -0.1) is 0 Å². The van der Waals surface area contributed by atoms with Gasteiger partial charge in [0.15, 0.2) is 0 Å². The van der Waals surface area contributed by atoms with Gasteiger partial charge in [0.1, 0.15) is 5.75 Å². The van der Waals surface area contributed by atoms with E-state index in [0.29, 0.717) is 22.7 Å². The first-order chi connectivity index (χ1) is 10.5. The van der Waals surface area contributed by atoms with Crippen LogP contribution >= 0.6 is 23.2 Å². The van der Waals surface area contributed by atoms with Crippen molar-refractivity contribution >= 4 is 34.8 Å². The zero-order valence-electron chi connectivity index (χ0n) is 11.8. The number of halogens is 2. The SMILES string of the molecule is CCC(=NNC(=O)c1ccc(Cl)cc1Cl)c1ccc(O)cc1. The average Bonchev–Trinajstić information content (AvgIpc) is 2.49. The van der Waals surface area contributed by atoms with Gasteiger partial charge in [0.05, 0.1) is 16.3 Å². The molecule has 2 aromatic carbocycles. The maximum atomic E-state index is 12.1. The van der Waals surface area contributed by atoms with Gasteiger partial charge in [-0.2, -0.15) is 5.10 Å². The molecule has 0 heterocycles. The smallest absolute Gasteiger partial charge is 0.272 e. The zero-order chi connectivity index (χ0) is 16.1. The predicted molar refractivity (Wildman–Crippen MR) is 88.9 cm³/mol. The van der Waals surface area contributed by atoms with Crippen molar-refractivity contribution in [1.82, 2.24) is 5.43 Å². The van der Waals surface area contributed by atoms with Gasteiger partial charge >= 0.3 is 0 Å². The number of aromatic hydroxyl groups is 1. The molecule has 0 saturated heterocycles. The molecule has 2 N–H and O–H groups in total. The van der Waals surface area contributed by atoms with E-state index in [1.807, 2.05) is 6.92 Å². The van der Waals surface area contributed by atoms with E-state index in [1.165, 1.54) is 6.07 Å². The molecule has 0 fully saturated rings. The van der Waals surface area contributed by atoms with Crippen LogP contribution in [0.2, 0.25) is 10.0 Å². The van der Waals surface area contributed by atoms with Crippen LogP contribution in [0.25, 0.3) is 0 Å². The molecule has 22 heavy (non-hydrogen) atoms. The molecular formula is C16H14Cl2N2O2. The normalized spacial score (nSPS) is 11.3. The molecule has 0 atom stereocenters. The van der Waals surface area contributed by atoms with Crippen LogP contribution < -0.4 is 5.43 Å². The lowest BCUT2D eigenvalue weighted by Crippen LogP contribution is -2.20. The topological polar surface area (TPSA) is 61.7 Å². The molecular weight excluding hydrogens is 323 g/mol. The molecule has 2 rings (SSSR count). The summed E-state index contributed by atoms with van der Waals surface area (Å²) in [4.78, 5) is 12.1. The Kier molecular flexibility index (Phi) is 5.41. The fraction of sp³-hybridized carbons (Fsp3) is 0.125. The third-order valence-corrected chi connectivity index (χ3v) is 3.55. The number of hydrazone groups is 1. The van der Waals surface area contributed by atoms with Crippen LogP contribution in [-0.4, -0.2) is 16.7 Å². The number of phenolic OH excluding ortho intramolecular Hbond substituents is 1. The van der Waals surface area contributed by atoms with Crippen LogP contribution in [-0.2, 0) is 0 Å². The molecule has 114 valence electrons. The minimum absolute atomic E-state index is 0.177. The van der Waals surface area contributed by atoms with Crippen molar-refractivity contribution in [1.29, 1.82) is 0 Å². The van der Waals surface area contributed by atoms with E-state index in [4.69, 9.17) is 23.2 Å². The second-order valence-corrected chi connectivity index (χ2v) is 5.37. The Morgan fingerprint density at radius 2 is 1.86 bits per heavy atom. The Bertz CT molecular complexity index is 713. The summed E-state index contributed by atoms with van der Waals surface area (Å²) >= 11 is 11.8. The molecule has 0 unspecified atom stereocenters. The van der Waals surface area contributed by atoms with Crippen LogP contribution in [0.5, 0.6) is 5.75 Å². The highest BCUT2D eigenvalue weighted by Crippen LogP contribution is 2.20. The highest BCUT2D eigenvalue weighted by molar-refractivity contribution is 6.36. The van der Waals surface area contributed by atoms with Crippen molar-refractivity contribution in [2.75, 3.05) is 0 Å². The number of amides is 1. The largest absolute Gasteiger partial charge is 0.508 e. The van der Waals surface area contributed by atoms with Crippen molar-refractivity contribution in [2.45, 2.75) is 13.3 Å². The van der Waals surface area contributed by atoms with Crippen LogP contribution in [0.4, 0.5) is 0 Å². The maximum Gasteiger partial charge on any atom is 0.272 e. The standard InChI is InChI=1S/C16H14Cl2N2O2/c1-2-15(10-3-6-12(21)7-4-10)19-20-16(22)13-8-5-11(17)9-14(13)18/h3-9,21H,2H2,1H3,(H,20,22). The summed E-state index contributed by atoms with van der Waals surface area (Å²) in [6.07, 6.45) is 0.624. The molecule has 0 aliphatic heterocycles. The van der Waals surface area contributed by atoms with E-state index in [0.717, 1.165) is 5.56 Å². The van der Waals surface area contributed by atoms with Gasteiger partial charge in [0.2, 0.25) is 0 Å². The zero-order valence-corrected chi connectivity index (χ0v) is 13.3. The molecule has 0 aliphatic carbocycles. The number of hydrogen-bond donors (Lipinski definition) is 2. The van der Waals surface area contributed by atoms with E-state index < -0.39 is 5.91 Å². The number of nitrogens with one attached hydrogen (secondary N) is 1. The number of phenols is 1.